The van der Waals surface area contributed by atoms with Crippen molar-refractivity contribution >= 4 is 40.3 Å². The molecule has 0 aliphatic carbocycles. The highest BCUT2D eigenvalue weighted by molar-refractivity contribution is 8.00. The van der Waals surface area contributed by atoms with Crippen LogP contribution in [0.2, 0.25) is 0 Å². The van der Waals surface area contributed by atoms with E-state index in [0.29, 0.717) is 0 Å². The third-order valence-corrected chi connectivity index (χ3v) is 3.76. The molecule has 0 unspecified atom stereocenters. The molecule has 6 heteroatoms. The largest absolute Gasteiger partial charge is 0.366 e. The van der Waals surface area contributed by atoms with Gasteiger partial charge in [-0.2, -0.15) is 0 Å². The van der Waals surface area contributed by atoms with Gasteiger partial charge in [-0.25, -0.2) is 0 Å². The highest BCUT2D eigenvalue weighted by Crippen LogP contribution is 2.20. The first-order valence-corrected chi connectivity index (χ1v) is 5.69. The van der Waals surface area contributed by atoms with Gasteiger partial charge in [-0.05, 0) is 6.26 Å². The van der Waals surface area contributed by atoms with Gasteiger partial charge >= 0.3 is 0 Å². The fourth-order valence-corrected chi connectivity index (χ4v) is 2.03. The van der Waals surface area contributed by atoms with Crippen LogP contribution in [0.5, 0.6) is 0 Å². The summed E-state index contributed by atoms with van der Waals surface area (Å²) in [6.07, 6.45) is 1.98. The van der Waals surface area contributed by atoms with Gasteiger partial charge in [-0.1, -0.05) is 35.3 Å². The van der Waals surface area contributed by atoms with Crippen molar-refractivity contribution in [1.82, 2.24) is 15.1 Å². The average molecular weight is 219 g/mol. The number of rotatable bonds is 2. The molecule has 0 N–H and O–H groups in total. The first-order valence-electron chi connectivity index (χ1n) is 3.24. The molecule has 0 saturated heterocycles. The quantitative estimate of drug-likeness (QED) is 0.555. The molecule has 1 heterocycles. The molecule has 1 aromatic heterocycles. The van der Waals surface area contributed by atoms with Gasteiger partial charge in [0.2, 0.25) is 0 Å². The Morgan fingerprint density at radius 2 is 2.17 bits per heavy atom. The lowest BCUT2D eigenvalue weighted by atomic mass is 10.6. The van der Waals surface area contributed by atoms with Crippen LogP contribution in [0.1, 0.15) is 5.01 Å². The minimum Gasteiger partial charge on any atom is -0.366 e. The van der Waals surface area contributed by atoms with E-state index in [4.69, 9.17) is 12.2 Å². The molecule has 1 rings (SSSR count). The van der Waals surface area contributed by atoms with Gasteiger partial charge in [0.05, 0.1) is 0 Å². The number of hydrogen-bond donors (Lipinski definition) is 0. The van der Waals surface area contributed by atoms with E-state index < -0.39 is 0 Å². The van der Waals surface area contributed by atoms with Crippen molar-refractivity contribution in [3.8, 4) is 0 Å². The smallest absolute Gasteiger partial charge is 0.175 e. The number of thioether (sulfide) groups is 1. The van der Waals surface area contributed by atoms with Crippen molar-refractivity contribution in [2.75, 3.05) is 20.4 Å². The normalized spacial score (nSPS) is 9.92. The van der Waals surface area contributed by atoms with Crippen molar-refractivity contribution in [2.45, 2.75) is 4.34 Å². The van der Waals surface area contributed by atoms with E-state index in [1.807, 2.05) is 25.3 Å². The Balaban J connectivity index is 2.82. The molecule has 0 bridgehead atoms. The molecule has 66 valence electrons. The summed E-state index contributed by atoms with van der Waals surface area (Å²) < 4.78 is 0.953. The van der Waals surface area contributed by atoms with Crippen molar-refractivity contribution in [3.63, 3.8) is 0 Å². The van der Waals surface area contributed by atoms with Gasteiger partial charge in [-0.15, -0.1) is 10.2 Å². The number of thiocarbonyl (C=S) groups is 1. The minimum absolute atomic E-state index is 0.743. The molecule has 0 aliphatic rings. The Bertz CT molecular complexity index is 281. The van der Waals surface area contributed by atoms with E-state index in [1.165, 1.54) is 11.3 Å². The number of aromatic nitrogens is 2. The topological polar surface area (TPSA) is 29.0 Å². The molecule has 0 radical (unpaired) electrons. The van der Waals surface area contributed by atoms with Crippen LogP contribution in [0.15, 0.2) is 4.34 Å². The molecule has 1 aromatic rings. The monoisotopic (exact) mass is 219 g/mol. The summed E-state index contributed by atoms with van der Waals surface area (Å²) in [7, 11) is 3.81. The van der Waals surface area contributed by atoms with Crippen molar-refractivity contribution in [1.29, 1.82) is 0 Å². The molecule has 0 saturated carbocycles. The number of hydrogen-bond acceptors (Lipinski definition) is 5. The van der Waals surface area contributed by atoms with E-state index in [1.54, 1.807) is 11.8 Å². The molecule has 0 fully saturated rings. The van der Waals surface area contributed by atoms with Gasteiger partial charge in [0.25, 0.3) is 0 Å². The Labute approximate surface area is 85.2 Å². The van der Waals surface area contributed by atoms with E-state index in [0.717, 1.165) is 14.3 Å². The Hall–Kier alpha value is -0.200. The Morgan fingerprint density at radius 3 is 2.58 bits per heavy atom. The maximum Gasteiger partial charge on any atom is 0.175 e. The summed E-state index contributed by atoms with van der Waals surface area (Å²) in [4.78, 5) is 2.60. The summed E-state index contributed by atoms with van der Waals surface area (Å²) in [5.41, 5.74) is 0. The van der Waals surface area contributed by atoms with Crippen molar-refractivity contribution < 1.29 is 0 Å². The third kappa shape index (κ3) is 2.15. The van der Waals surface area contributed by atoms with Crippen LogP contribution in [-0.2, 0) is 0 Å². The van der Waals surface area contributed by atoms with Crippen molar-refractivity contribution in [3.05, 3.63) is 5.01 Å². The summed E-state index contributed by atoms with van der Waals surface area (Å²) >= 11 is 8.24. The fourth-order valence-electron chi connectivity index (χ4n) is 0.570. The molecular weight excluding hydrogens is 210 g/mol. The molecule has 0 aromatic carbocycles. The molecule has 0 amide bonds. The van der Waals surface area contributed by atoms with Gasteiger partial charge in [-0.3, -0.25) is 0 Å². The first kappa shape index (κ1) is 9.88. The lowest BCUT2D eigenvalue weighted by molar-refractivity contribution is 0.635. The summed E-state index contributed by atoms with van der Waals surface area (Å²) in [6, 6.07) is 0. The zero-order valence-corrected chi connectivity index (χ0v) is 9.52. The summed E-state index contributed by atoms with van der Waals surface area (Å²) in [5, 5.41) is 8.75. The third-order valence-electron chi connectivity index (χ3n) is 1.17. The fraction of sp³-hybridized carbons (Fsp3) is 0.500. The zero-order valence-electron chi connectivity index (χ0n) is 7.07. The van der Waals surface area contributed by atoms with E-state index in [9.17, 15) is 0 Å². The molecule has 3 nitrogen and oxygen atoms in total. The predicted octanol–water partition coefficient (Wildman–Crippen LogP) is 1.50. The Kier molecular flexibility index (Phi) is 3.42. The lowest BCUT2D eigenvalue weighted by Crippen LogP contribution is -2.20. The standard InChI is InChI=1S/C6H9N3S3/c1-9(2)5(10)4-7-8-6(11-3)12-4/h1-3H3. The SMILES string of the molecule is CSc1nnc(C(=S)N(C)C)s1. The predicted molar refractivity (Wildman–Crippen MR) is 57.1 cm³/mol. The zero-order chi connectivity index (χ0) is 9.14. The Morgan fingerprint density at radius 1 is 1.50 bits per heavy atom. The van der Waals surface area contributed by atoms with E-state index >= 15 is 0 Å². The van der Waals surface area contributed by atoms with Gasteiger partial charge < -0.3 is 4.90 Å². The highest BCUT2D eigenvalue weighted by Gasteiger charge is 2.09. The van der Waals surface area contributed by atoms with Crippen LogP contribution < -0.4 is 0 Å². The highest BCUT2D eigenvalue weighted by atomic mass is 32.2. The molecule has 0 spiro atoms. The van der Waals surface area contributed by atoms with Crippen LogP contribution >= 0.6 is 35.3 Å². The van der Waals surface area contributed by atoms with Crippen LogP contribution in [0.25, 0.3) is 0 Å². The van der Waals surface area contributed by atoms with Crippen LogP contribution in [0.4, 0.5) is 0 Å². The second-order valence-electron chi connectivity index (χ2n) is 2.28. The first-order chi connectivity index (χ1) is 5.65. The van der Waals surface area contributed by atoms with Crippen LogP contribution in [0.3, 0.4) is 0 Å². The second kappa shape index (κ2) is 4.15. The molecule has 0 aliphatic heterocycles. The number of nitrogens with zero attached hydrogens (tertiary/aromatic N) is 3. The molecular formula is C6H9N3S3. The lowest BCUT2D eigenvalue weighted by Gasteiger charge is -2.09. The second-order valence-corrected chi connectivity index (χ2v) is 4.69. The van der Waals surface area contributed by atoms with Gasteiger partial charge in [0.1, 0.15) is 4.99 Å². The molecule has 0 atom stereocenters. The summed E-state index contributed by atoms with van der Waals surface area (Å²) in [5.74, 6) is 0. The summed E-state index contributed by atoms with van der Waals surface area (Å²) in [6.45, 7) is 0. The van der Waals surface area contributed by atoms with Crippen molar-refractivity contribution in [2.24, 2.45) is 0 Å². The maximum absolute atomic E-state index is 5.13. The van der Waals surface area contributed by atoms with E-state index in [2.05, 4.69) is 10.2 Å². The van der Waals surface area contributed by atoms with Gasteiger partial charge in [0, 0.05) is 14.1 Å². The van der Waals surface area contributed by atoms with E-state index in [-0.39, 0.29) is 0 Å². The maximum atomic E-state index is 5.13. The average Bonchev–Trinajstić information content (AvgIpc) is 2.50. The van der Waals surface area contributed by atoms with Crippen LogP contribution in [0, 0.1) is 0 Å². The molecule has 12 heavy (non-hydrogen) atoms. The van der Waals surface area contributed by atoms with Gasteiger partial charge in [0.15, 0.2) is 9.35 Å². The van der Waals surface area contributed by atoms with Crippen LogP contribution in [-0.4, -0.2) is 40.4 Å². The minimum atomic E-state index is 0.743.